The summed E-state index contributed by atoms with van der Waals surface area (Å²) >= 11 is 0. The molecular weight excluding hydrogens is 512 g/mol. The Balaban J connectivity index is 1.58. The van der Waals surface area contributed by atoms with E-state index in [9.17, 15) is 33.8 Å². The minimum atomic E-state index is -4.94. The molecule has 15 nitrogen and oxygen atoms in total. The molecule has 1 fully saturated rings. The van der Waals surface area contributed by atoms with E-state index < -0.39 is 58.5 Å². The fourth-order valence-electron chi connectivity index (χ4n) is 3.62. The van der Waals surface area contributed by atoms with Gasteiger partial charge < -0.3 is 29.3 Å². The molecule has 0 amide bonds. The Bertz CT molecular complexity index is 1430. The highest BCUT2D eigenvalue weighted by atomic mass is 31.2. The molecule has 4 N–H and O–H groups in total. The Kier molecular flexibility index (Phi) is 7.25. The molecule has 0 spiro atoms. The molecule has 1 aliphatic heterocycles. The SMILES string of the molecule is Cc1ccc2c(Cn3c(=O)ccn([C@@H]4O[C@H](COP(=O)(O)O[PH](=O)O)[C@H](O)C4O)c3=O)noc2c1. The van der Waals surface area contributed by atoms with E-state index in [-0.39, 0.29) is 6.54 Å². The topological polar surface area (TPSA) is 213 Å². The van der Waals surface area contributed by atoms with Crippen LogP contribution in [-0.4, -0.2) is 59.2 Å². The second-order valence-electron chi connectivity index (χ2n) is 7.73. The minimum Gasteiger partial charge on any atom is -0.387 e. The smallest absolute Gasteiger partial charge is 0.387 e. The van der Waals surface area contributed by atoms with Crippen LogP contribution in [0.4, 0.5) is 0 Å². The number of hydrogen-bond donors (Lipinski definition) is 4. The van der Waals surface area contributed by atoms with Gasteiger partial charge in [0.2, 0.25) is 0 Å². The summed E-state index contributed by atoms with van der Waals surface area (Å²) in [6.07, 6.45) is -5.23. The molecule has 2 aromatic heterocycles. The van der Waals surface area contributed by atoms with Gasteiger partial charge in [-0.3, -0.25) is 23.0 Å². The summed E-state index contributed by atoms with van der Waals surface area (Å²) in [5.74, 6) is 0. The number of phosphoric ester groups is 1. The van der Waals surface area contributed by atoms with Crippen molar-refractivity contribution >= 4 is 27.0 Å². The number of rotatable bonds is 8. The number of benzene rings is 1. The van der Waals surface area contributed by atoms with E-state index in [0.717, 1.165) is 27.0 Å². The predicted octanol–water partition coefficient (Wildman–Crippen LogP) is -0.357. The molecule has 190 valence electrons. The number of hydrogen-bond acceptors (Lipinski definition) is 11. The molecule has 0 saturated carbocycles. The van der Waals surface area contributed by atoms with E-state index in [0.29, 0.717) is 16.7 Å². The van der Waals surface area contributed by atoms with Crippen molar-refractivity contribution in [3.8, 4) is 0 Å². The third-order valence-electron chi connectivity index (χ3n) is 5.31. The lowest BCUT2D eigenvalue weighted by molar-refractivity contribution is -0.0546. The molecule has 0 radical (unpaired) electrons. The van der Waals surface area contributed by atoms with Gasteiger partial charge in [0.25, 0.3) is 5.56 Å². The molecule has 17 heteroatoms. The summed E-state index contributed by atoms with van der Waals surface area (Å²) < 4.78 is 43.0. The van der Waals surface area contributed by atoms with Crippen LogP contribution in [0.1, 0.15) is 17.5 Å². The lowest BCUT2D eigenvalue weighted by Gasteiger charge is -2.18. The highest BCUT2D eigenvalue weighted by Crippen LogP contribution is 2.51. The van der Waals surface area contributed by atoms with E-state index in [1.165, 1.54) is 0 Å². The second-order valence-corrected chi connectivity index (χ2v) is 10.2. The molecule has 0 bridgehead atoms. The Morgan fingerprint density at radius 1 is 1.23 bits per heavy atom. The third-order valence-corrected chi connectivity index (χ3v) is 7.34. The average molecular weight is 533 g/mol. The minimum absolute atomic E-state index is 0.252. The van der Waals surface area contributed by atoms with Gasteiger partial charge in [0.1, 0.15) is 24.0 Å². The van der Waals surface area contributed by atoms with Crippen LogP contribution in [0.3, 0.4) is 0 Å². The first-order valence-electron chi connectivity index (χ1n) is 10.0. The van der Waals surface area contributed by atoms with E-state index in [2.05, 4.69) is 14.0 Å². The van der Waals surface area contributed by atoms with Crippen molar-refractivity contribution in [2.45, 2.75) is 38.0 Å². The highest BCUT2D eigenvalue weighted by molar-refractivity contribution is 7.55. The van der Waals surface area contributed by atoms with Gasteiger partial charge in [0, 0.05) is 17.6 Å². The predicted molar refractivity (Wildman–Crippen MR) is 117 cm³/mol. The van der Waals surface area contributed by atoms with Crippen molar-refractivity contribution < 1.29 is 47.2 Å². The molecule has 1 aliphatic rings. The van der Waals surface area contributed by atoms with Gasteiger partial charge in [-0.05, 0) is 24.6 Å². The molecule has 35 heavy (non-hydrogen) atoms. The zero-order valence-electron chi connectivity index (χ0n) is 18.0. The maximum atomic E-state index is 13.1. The number of aromatic nitrogens is 3. The van der Waals surface area contributed by atoms with E-state index >= 15 is 0 Å². The first-order chi connectivity index (χ1) is 16.5. The van der Waals surface area contributed by atoms with Crippen molar-refractivity contribution in [1.82, 2.24) is 14.3 Å². The number of aliphatic hydroxyl groups excluding tert-OH is 2. The van der Waals surface area contributed by atoms with Crippen LogP contribution in [0.5, 0.6) is 0 Å². The van der Waals surface area contributed by atoms with Gasteiger partial charge in [-0.2, -0.15) is 0 Å². The maximum absolute atomic E-state index is 13.1. The Morgan fingerprint density at radius 3 is 2.69 bits per heavy atom. The van der Waals surface area contributed by atoms with Crippen LogP contribution in [-0.2, 0) is 29.2 Å². The van der Waals surface area contributed by atoms with Crippen LogP contribution in [0.25, 0.3) is 11.0 Å². The molecule has 4 rings (SSSR count). The van der Waals surface area contributed by atoms with Crippen molar-refractivity contribution in [2.75, 3.05) is 6.61 Å². The largest absolute Gasteiger partial charge is 0.479 e. The molecule has 6 atom stereocenters. The molecule has 3 aromatic rings. The fraction of sp³-hybridized carbons (Fsp3) is 0.389. The summed E-state index contributed by atoms with van der Waals surface area (Å²) in [6.45, 7) is 0.788. The summed E-state index contributed by atoms with van der Waals surface area (Å²) in [6, 6.07) is 6.36. The van der Waals surface area contributed by atoms with E-state index in [1.54, 1.807) is 12.1 Å². The summed E-state index contributed by atoms with van der Waals surface area (Å²) in [7, 11) is -8.73. The van der Waals surface area contributed by atoms with Gasteiger partial charge in [0.15, 0.2) is 11.8 Å². The van der Waals surface area contributed by atoms with Crippen molar-refractivity contribution in [3.05, 3.63) is 62.6 Å². The van der Waals surface area contributed by atoms with Crippen molar-refractivity contribution in [3.63, 3.8) is 0 Å². The Labute approximate surface area is 196 Å². The molecule has 1 saturated heterocycles. The van der Waals surface area contributed by atoms with E-state index in [1.807, 2.05) is 13.0 Å². The fourth-order valence-corrected chi connectivity index (χ4v) is 4.96. The lowest BCUT2D eigenvalue weighted by Crippen LogP contribution is -2.43. The van der Waals surface area contributed by atoms with E-state index in [4.69, 9.17) is 14.2 Å². The van der Waals surface area contributed by atoms with Gasteiger partial charge >= 0.3 is 21.8 Å². The number of phosphoric acid groups is 1. The molecule has 3 unspecified atom stereocenters. The Hall–Kier alpha value is -2.45. The number of ether oxygens (including phenoxy) is 1. The zero-order valence-corrected chi connectivity index (χ0v) is 19.8. The number of fused-ring (bicyclic) bond motifs is 1. The van der Waals surface area contributed by atoms with Gasteiger partial charge in [-0.1, -0.05) is 11.2 Å². The van der Waals surface area contributed by atoms with Crippen molar-refractivity contribution in [1.29, 1.82) is 0 Å². The first-order valence-corrected chi connectivity index (χ1v) is 12.8. The quantitative estimate of drug-likeness (QED) is 0.273. The van der Waals surface area contributed by atoms with Crippen LogP contribution < -0.4 is 11.2 Å². The van der Waals surface area contributed by atoms with Crippen molar-refractivity contribution in [2.24, 2.45) is 0 Å². The zero-order chi connectivity index (χ0) is 25.5. The standard InChI is InChI=1S/C18H21N3O12P2/c1-9-2-3-10-11(19-32-12(10)6-9)7-21-14(22)4-5-20(18(21)25)17-16(24)15(23)13(31-17)8-30-35(28,29)33-34(26)27/h2-6,13,15-17,23-24,34H,7-8H2,1H3,(H,26,27)(H,28,29)/t13-,15+,16?,17-/m1/s1. The van der Waals surface area contributed by atoms with Gasteiger partial charge in [-0.25, -0.2) is 13.7 Å². The number of aliphatic hydroxyl groups is 2. The average Bonchev–Trinajstić information content (AvgIpc) is 3.29. The highest BCUT2D eigenvalue weighted by Gasteiger charge is 2.45. The second kappa shape index (κ2) is 9.90. The first kappa shape index (κ1) is 25.6. The van der Waals surface area contributed by atoms with Gasteiger partial charge in [0.05, 0.1) is 13.2 Å². The van der Waals surface area contributed by atoms with Crippen LogP contribution in [0, 0.1) is 6.92 Å². The maximum Gasteiger partial charge on any atom is 0.479 e. The molecule has 3 heterocycles. The van der Waals surface area contributed by atoms with Crippen LogP contribution in [0.15, 0.2) is 44.6 Å². The normalized spacial score (nSPS) is 25.1. The van der Waals surface area contributed by atoms with Crippen LogP contribution in [0.2, 0.25) is 0 Å². The lowest BCUT2D eigenvalue weighted by atomic mass is 10.1. The van der Waals surface area contributed by atoms with Crippen LogP contribution >= 0.6 is 16.1 Å². The summed E-state index contributed by atoms with van der Waals surface area (Å²) in [5.41, 5.74) is 0.159. The number of aryl methyl sites for hydroxylation is 1. The molecule has 0 aliphatic carbocycles. The molecule has 1 aromatic carbocycles. The third kappa shape index (κ3) is 5.38. The number of nitrogens with zero attached hydrogens (tertiary/aromatic N) is 3. The summed E-state index contributed by atoms with van der Waals surface area (Å²) in [5, 5.41) is 25.2. The monoisotopic (exact) mass is 533 g/mol. The Morgan fingerprint density at radius 2 is 1.97 bits per heavy atom. The summed E-state index contributed by atoms with van der Waals surface area (Å²) in [4.78, 5) is 43.5. The van der Waals surface area contributed by atoms with Gasteiger partial charge in [-0.15, -0.1) is 0 Å². The molecular formula is C18H21N3O12P2.